The molecule has 2 unspecified atom stereocenters. The highest BCUT2D eigenvalue weighted by Crippen LogP contribution is 2.53. The van der Waals surface area contributed by atoms with E-state index in [4.69, 9.17) is 0 Å². The van der Waals surface area contributed by atoms with Crippen LogP contribution in [-0.4, -0.2) is 126 Å². The molecule has 20 nitrogen and oxygen atoms in total. The Kier molecular flexibility index (Phi) is 14.9. The van der Waals surface area contributed by atoms with Gasteiger partial charge in [-0.15, -0.1) is 0 Å². The summed E-state index contributed by atoms with van der Waals surface area (Å²) in [6.45, 7) is 3.16. The summed E-state index contributed by atoms with van der Waals surface area (Å²) in [6, 6.07) is 7.43. The summed E-state index contributed by atoms with van der Waals surface area (Å²) in [6.07, 6.45) is 1.75. The maximum absolute atomic E-state index is 14.4. The van der Waals surface area contributed by atoms with Gasteiger partial charge in [-0.2, -0.15) is 38.2 Å². The molecule has 0 radical (unpaired) electrons. The van der Waals surface area contributed by atoms with Gasteiger partial charge < -0.3 is 20.2 Å². The summed E-state index contributed by atoms with van der Waals surface area (Å²) in [7, 11) is -18.4. The molecule has 24 heteroatoms. The number of benzene rings is 2. The molecule has 1 aliphatic carbocycles. The highest BCUT2D eigenvalue weighted by molar-refractivity contribution is 7.86. The van der Waals surface area contributed by atoms with Crippen LogP contribution in [0.1, 0.15) is 89.2 Å². The molecule has 4 atom stereocenters. The average molecular weight is 976 g/mol. The molecule has 1 fully saturated rings. The Balaban J connectivity index is 1.65. The Labute approximate surface area is 371 Å². The summed E-state index contributed by atoms with van der Waals surface area (Å²) < 4.78 is 137. The number of fused-ring (bicyclic) bond motifs is 2. The van der Waals surface area contributed by atoms with Gasteiger partial charge in [0.15, 0.2) is 11.5 Å². The number of carboxylic acids is 2. The molecule has 0 aromatic heterocycles. The zero-order chi connectivity index (χ0) is 47.8. The molecule has 0 saturated heterocycles. The van der Waals surface area contributed by atoms with E-state index >= 15 is 0 Å². The molecule has 0 spiro atoms. The smallest absolute Gasteiger partial charge is 0.303 e. The number of anilines is 1. The van der Waals surface area contributed by atoms with Crippen LogP contribution in [0, 0.1) is 5.92 Å². The summed E-state index contributed by atoms with van der Waals surface area (Å²) in [5.41, 5.74) is -0.643. The topological polar surface area (TPSA) is 336 Å². The van der Waals surface area contributed by atoms with Crippen LogP contribution in [0.3, 0.4) is 0 Å². The van der Waals surface area contributed by atoms with Crippen LogP contribution in [0.4, 0.5) is 11.4 Å². The fourth-order valence-electron chi connectivity index (χ4n) is 8.89. The first-order valence-corrected chi connectivity index (χ1v) is 26.2. The fourth-order valence-corrected chi connectivity index (χ4v) is 10.9. The standard InChI is InChI=1S/C40H50N2O18S4/c1-39(15-5-3-9-35(43)44)29-21-25(63(55,56)57)11-13-31(29)41(17-7-19-61(49,50)51)33(39)23-27-37(47)28(38(27)48)24-34-40(2,16-6-4-10-36(45)46)30-22-26(64(58,59)60)12-14-32(30)42(34)18-8-20-62(52,53)54/h11-14,21-24,27,37,47H,3-10,15-20H2,1-2H3,(H5-,43,44,45,46,49,50,51,52,53,54,55,56,57,58,59,60)/p+1/t27?,37?,39-,40-/m1/s1. The minimum atomic E-state index is -4.75. The molecule has 2 heterocycles. The second-order valence-corrected chi connectivity index (χ2v) is 22.6. The number of carbonyl (C=O) groups excluding carboxylic acids is 1. The maximum atomic E-state index is 14.4. The molecular formula is C40H51N2O18S4+. The number of carbonyl (C=O) groups is 3. The monoisotopic (exact) mass is 975 g/mol. The number of aliphatic hydroxyl groups is 1. The second-order valence-electron chi connectivity index (χ2n) is 16.6. The molecule has 352 valence electrons. The van der Waals surface area contributed by atoms with Gasteiger partial charge in [0.05, 0.1) is 38.7 Å². The molecular weight excluding hydrogens is 925 g/mol. The summed E-state index contributed by atoms with van der Waals surface area (Å²) in [5, 5.41) is 30.5. The number of allylic oxidation sites excluding steroid dienone is 2. The van der Waals surface area contributed by atoms with Crippen LogP contribution in [0.2, 0.25) is 0 Å². The first-order valence-electron chi connectivity index (χ1n) is 20.1. The van der Waals surface area contributed by atoms with Gasteiger partial charge in [-0.05, 0) is 81.8 Å². The van der Waals surface area contributed by atoms with Crippen molar-refractivity contribution in [2.75, 3.05) is 29.5 Å². The molecule has 2 aromatic carbocycles. The van der Waals surface area contributed by atoms with Crippen LogP contribution in [-0.2, 0) is 65.7 Å². The average Bonchev–Trinajstić information content (AvgIpc) is 3.54. The third kappa shape index (κ3) is 11.3. The van der Waals surface area contributed by atoms with E-state index in [1.807, 2.05) is 0 Å². The van der Waals surface area contributed by atoms with Gasteiger partial charge in [0, 0.05) is 65.9 Å². The predicted octanol–water partition coefficient (Wildman–Crippen LogP) is 3.53. The lowest BCUT2D eigenvalue weighted by Gasteiger charge is -2.37. The van der Waals surface area contributed by atoms with Crippen molar-refractivity contribution < 1.29 is 86.2 Å². The highest BCUT2D eigenvalue weighted by Gasteiger charge is 2.52. The van der Waals surface area contributed by atoms with Gasteiger partial charge >= 0.3 is 11.9 Å². The van der Waals surface area contributed by atoms with Gasteiger partial charge in [-0.3, -0.25) is 32.6 Å². The van der Waals surface area contributed by atoms with Crippen LogP contribution >= 0.6 is 0 Å². The van der Waals surface area contributed by atoms with Crippen molar-refractivity contribution in [1.29, 1.82) is 0 Å². The van der Waals surface area contributed by atoms with E-state index in [0.29, 0.717) is 28.2 Å². The molecule has 0 bridgehead atoms. The number of Topliss-reactive ketones (excluding diaryl/α,β-unsaturated/α-hetero) is 1. The maximum Gasteiger partial charge on any atom is 0.303 e. The van der Waals surface area contributed by atoms with E-state index in [9.17, 15) is 81.6 Å². The Morgan fingerprint density at radius 1 is 0.719 bits per heavy atom. The highest BCUT2D eigenvalue weighted by atomic mass is 32.2. The van der Waals surface area contributed by atoms with Crippen molar-refractivity contribution in [2.24, 2.45) is 5.92 Å². The van der Waals surface area contributed by atoms with E-state index in [0.717, 1.165) is 12.1 Å². The molecule has 5 rings (SSSR count). The molecule has 1 saturated carbocycles. The summed E-state index contributed by atoms with van der Waals surface area (Å²) in [5.74, 6) is -5.39. The van der Waals surface area contributed by atoms with E-state index in [1.165, 1.54) is 36.4 Å². The van der Waals surface area contributed by atoms with Gasteiger partial charge in [0.2, 0.25) is 5.69 Å². The molecule has 2 aromatic rings. The third-order valence-corrected chi connectivity index (χ3v) is 15.4. The first kappa shape index (κ1) is 50.6. The molecule has 2 aliphatic heterocycles. The molecule has 3 aliphatic rings. The fraction of sp³-hybridized carbons (Fsp3) is 0.500. The number of ketones is 1. The van der Waals surface area contributed by atoms with Crippen molar-refractivity contribution in [3.05, 3.63) is 70.9 Å². The number of hydrogen-bond acceptors (Lipinski definition) is 13. The van der Waals surface area contributed by atoms with E-state index < -0.39 is 102 Å². The van der Waals surface area contributed by atoms with Crippen molar-refractivity contribution >= 4 is 75.3 Å². The Bertz CT molecular complexity index is 2780. The van der Waals surface area contributed by atoms with Crippen LogP contribution < -0.4 is 4.90 Å². The van der Waals surface area contributed by atoms with Gasteiger partial charge in [-0.25, -0.2) is 0 Å². The number of aliphatic hydroxyl groups excluding tert-OH is 1. The molecule has 64 heavy (non-hydrogen) atoms. The number of rotatable bonds is 22. The number of unbranched alkanes of at least 4 members (excludes halogenated alkanes) is 2. The number of carboxylic acid groups (broad SMARTS) is 2. The van der Waals surface area contributed by atoms with E-state index in [1.54, 1.807) is 23.3 Å². The molecule has 0 amide bonds. The van der Waals surface area contributed by atoms with E-state index in [-0.39, 0.29) is 88.6 Å². The van der Waals surface area contributed by atoms with Crippen LogP contribution in [0.5, 0.6) is 0 Å². The Morgan fingerprint density at radius 3 is 1.75 bits per heavy atom. The lowest BCUT2D eigenvalue weighted by atomic mass is 9.69. The number of aliphatic carboxylic acids is 2. The summed E-state index contributed by atoms with van der Waals surface area (Å²) in [4.78, 5) is 37.8. The number of hydrogen-bond donors (Lipinski definition) is 7. The van der Waals surface area contributed by atoms with Gasteiger partial charge in [0.1, 0.15) is 6.54 Å². The summed E-state index contributed by atoms with van der Waals surface area (Å²) >= 11 is 0. The minimum Gasteiger partial charge on any atom is -0.481 e. The number of nitrogens with zero attached hydrogens (tertiary/aromatic N) is 2. The molecule has 7 N–H and O–H groups in total. The van der Waals surface area contributed by atoms with Gasteiger partial charge in [-0.1, -0.05) is 18.9 Å². The van der Waals surface area contributed by atoms with Crippen LogP contribution in [0.25, 0.3) is 0 Å². The minimum absolute atomic E-state index is 0.102. The van der Waals surface area contributed by atoms with Gasteiger partial charge in [0.25, 0.3) is 40.5 Å². The van der Waals surface area contributed by atoms with Crippen molar-refractivity contribution in [3.8, 4) is 0 Å². The normalized spacial score (nSPS) is 23.7. The third-order valence-electron chi connectivity index (χ3n) is 12.1. The SMILES string of the molecule is C[C@]1(CCCCC(=O)O)C(=CC2C(=O)C(=CC3=[N+](CCCS(=O)(=O)O)c4ccc(S(=O)(=O)O)cc4[C@@]3(C)CCCCC(=O)O)C2O)N(CCCS(=O)(=O)O)c2ccc(S(=O)(=O)O)cc21. The lowest BCUT2D eigenvalue weighted by Crippen LogP contribution is -2.46. The van der Waals surface area contributed by atoms with Crippen molar-refractivity contribution in [2.45, 2.75) is 105 Å². The van der Waals surface area contributed by atoms with Crippen molar-refractivity contribution in [1.82, 2.24) is 0 Å². The predicted molar refractivity (Wildman–Crippen MR) is 229 cm³/mol. The van der Waals surface area contributed by atoms with E-state index in [2.05, 4.69) is 0 Å². The van der Waals surface area contributed by atoms with Crippen molar-refractivity contribution in [3.63, 3.8) is 0 Å². The first-order chi connectivity index (χ1) is 29.5. The zero-order valence-corrected chi connectivity index (χ0v) is 38.1. The Morgan fingerprint density at radius 2 is 1.23 bits per heavy atom. The quantitative estimate of drug-likeness (QED) is 0.0384. The van der Waals surface area contributed by atoms with Crippen LogP contribution in [0.15, 0.2) is 69.6 Å². The lowest BCUT2D eigenvalue weighted by molar-refractivity contribution is -0.437. The largest absolute Gasteiger partial charge is 0.481 e. The second kappa shape index (κ2) is 18.8. The zero-order valence-electron chi connectivity index (χ0n) is 34.8. The Hall–Kier alpha value is -4.40.